The van der Waals surface area contributed by atoms with Crippen LogP contribution in [0.4, 0.5) is 0 Å². The molecule has 0 saturated carbocycles. The van der Waals surface area contributed by atoms with Crippen molar-refractivity contribution in [2.24, 2.45) is 0 Å². The molecule has 2 aromatic heterocycles. The van der Waals surface area contributed by atoms with Crippen LogP contribution in [0.3, 0.4) is 0 Å². The summed E-state index contributed by atoms with van der Waals surface area (Å²) in [6.45, 7) is 13.5. The maximum atomic E-state index is 10.2. The molecule has 0 aliphatic carbocycles. The van der Waals surface area contributed by atoms with E-state index in [9.17, 15) is 5.11 Å². The van der Waals surface area contributed by atoms with Crippen LogP contribution in [0.25, 0.3) is 5.65 Å². The van der Waals surface area contributed by atoms with Gasteiger partial charge in [0.2, 0.25) is 0 Å². The summed E-state index contributed by atoms with van der Waals surface area (Å²) in [5, 5.41) is 18.7. The standard InChI is InChI=1S/C14H21N3O.C3H4.C2H6.C2H2/c1-5-7-10(2)12-15-16-13-11(14(3,4)18)8-6-9-17(12)13;1-3-2;2*1-2/h6,8-10,18H,5,7H2,1-4H3;1H,2H3;1-2H3;1-2H/t10-;;;/m0.../s1. The van der Waals surface area contributed by atoms with E-state index in [1.165, 1.54) is 0 Å². The van der Waals surface area contributed by atoms with Crippen molar-refractivity contribution in [3.63, 3.8) is 0 Å². The SMILES string of the molecule is C#C.C#CC.CC.CCC[C@H](C)c1nnc2c(C(C)(C)O)cccn12. The summed E-state index contributed by atoms with van der Waals surface area (Å²) in [5.74, 6) is 3.60. The lowest BCUT2D eigenvalue weighted by molar-refractivity contribution is 0.0796. The topological polar surface area (TPSA) is 50.4 Å². The molecule has 4 nitrogen and oxygen atoms in total. The molecule has 0 spiro atoms. The summed E-state index contributed by atoms with van der Waals surface area (Å²) in [6.07, 6.45) is 16.8. The lowest BCUT2D eigenvalue weighted by atomic mass is 9.99. The van der Waals surface area contributed by atoms with E-state index in [1.54, 1.807) is 20.8 Å². The van der Waals surface area contributed by atoms with Gasteiger partial charge in [-0.05, 0) is 33.3 Å². The normalized spacial score (nSPS) is 10.8. The number of aliphatic hydroxyl groups is 1. The minimum atomic E-state index is -0.902. The van der Waals surface area contributed by atoms with Gasteiger partial charge in [0.25, 0.3) is 0 Å². The Morgan fingerprint density at radius 2 is 1.80 bits per heavy atom. The molecule has 0 bridgehead atoms. The van der Waals surface area contributed by atoms with Crippen molar-refractivity contribution in [1.82, 2.24) is 14.6 Å². The molecule has 2 rings (SSSR count). The van der Waals surface area contributed by atoms with Crippen molar-refractivity contribution in [2.75, 3.05) is 0 Å². The molecule has 4 heteroatoms. The number of pyridine rings is 1. The van der Waals surface area contributed by atoms with Crippen molar-refractivity contribution in [3.05, 3.63) is 29.7 Å². The summed E-state index contributed by atoms with van der Waals surface area (Å²) in [5.41, 5.74) is 0.663. The second-order valence-corrected chi connectivity index (χ2v) is 5.71. The number of nitrogens with zero attached hydrogens (tertiary/aromatic N) is 3. The quantitative estimate of drug-likeness (QED) is 0.813. The average molecular weight is 344 g/mol. The highest BCUT2D eigenvalue weighted by Crippen LogP contribution is 2.26. The van der Waals surface area contributed by atoms with Gasteiger partial charge in [0.15, 0.2) is 5.65 Å². The number of fused-ring (bicyclic) bond motifs is 1. The third-order valence-corrected chi connectivity index (χ3v) is 3.28. The number of rotatable bonds is 4. The van der Waals surface area contributed by atoms with E-state index < -0.39 is 5.60 Å². The summed E-state index contributed by atoms with van der Waals surface area (Å²) < 4.78 is 1.99. The maximum Gasteiger partial charge on any atom is 0.166 e. The second kappa shape index (κ2) is 13.0. The third kappa shape index (κ3) is 7.42. The molecule has 0 aromatic carbocycles. The Morgan fingerprint density at radius 3 is 2.24 bits per heavy atom. The monoisotopic (exact) mass is 343 g/mol. The molecule has 0 radical (unpaired) electrons. The van der Waals surface area contributed by atoms with Crippen molar-refractivity contribution in [2.45, 2.75) is 72.8 Å². The smallest absolute Gasteiger partial charge is 0.166 e. The molecule has 0 aliphatic heterocycles. The first-order valence-corrected chi connectivity index (χ1v) is 8.63. The minimum absolute atomic E-state index is 0.377. The average Bonchev–Trinajstić information content (AvgIpc) is 3.02. The van der Waals surface area contributed by atoms with E-state index in [1.807, 2.05) is 36.6 Å². The molecule has 0 amide bonds. The first kappa shape index (κ1) is 24.9. The van der Waals surface area contributed by atoms with Gasteiger partial charge in [-0.15, -0.1) is 35.4 Å². The molecule has 138 valence electrons. The molecule has 0 fully saturated rings. The second-order valence-electron chi connectivity index (χ2n) is 5.71. The fourth-order valence-corrected chi connectivity index (χ4v) is 2.31. The van der Waals surface area contributed by atoms with Crippen LogP contribution in [0.5, 0.6) is 0 Å². The highest BCUT2D eigenvalue weighted by molar-refractivity contribution is 5.50. The van der Waals surface area contributed by atoms with Gasteiger partial charge < -0.3 is 5.11 Å². The molecule has 1 atom stereocenters. The molecule has 2 heterocycles. The molecule has 0 aliphatic rings. The number of aromatic nitrogens is 3. The van der Waals surface area contributed by atoms with Crippen LogP contribution in [0.15, 0.2) is 18.3 Å². The summed E-state index contributed by atoms with van der Waals surface area (Å²) in [7, 11) is 0. The maximum absolute atomic E-state index is 10.2. The zero-order valence-corrected chi connectivity index (χ0v) is 16.7. The van der Waals surface area contributed by atoms with Crippen LogP contribution in [0, 0.1) is 25.2 Å². The first-order valence-electron chi connectivity index (χ1n) is 8.63. The highest BCUT2D eigenvalue weighted by Gasteiger charge is 2.22. The Bertz CT molecular complexity index is 657. The van der Waals surface area contributed by atoms with E-state index in [0.29, 0.717) is 5.92 Å². The fraction of sp³-hybridized carbons (Fsp3) is 0.524. The van der Waals surface area contributed by atoms with Crippen molar-refractivity contribution >= 4 is 5.65 Å². The van der Waals surface area contributed by atoms with Gasteiger partial charge in [-0.25, -0.2) is 0 Å². The van der Waals surface area contributed by atoms with Crippen LogP contribution in [-0.4, -0.2) is 19.7 Å². The minimum Gasteiger partial charge on any atom is -0.386 e. The van der Waals surface area contributed by atoms with Crippen molar-refractivity contribution in [3.8, 4) is 25.2 Å². The molecule has 25 heavy (non-hydrogen) atoms. The Hall–Kier alpha value is -2.30. The largest absolute Gasteiger partial charge is 0.386 e. The first-order chi connectivity index (χ1) is 11.9. The molecule has 2 aromatic rings. The van der Waals surface area contributed by atoms with Gasteiger partial charge in [-0.1, -0.05) is 40.2 Å². The van der Waals surface area contributed by atoms with Gasteiger partial charge >= 0.3 is 0 Å². The third-order valence-electron chi connectivity index (χ3n) is 3.28. The van der Waals surface area contributed by atoms with Gasteiger partial charge in [0.1, 0.15) is 5.82 Å². The molecular formula is C21H33N3O. The van der Waals surface area contributed by atoms with Crippen LogP contribution in [0.2, 0.25) is 0 Å². The zero-order valence-electron chi connectivity index (χ0n) is 16.7. The lowest BCUT2D eigenvalue weighted by Crippen LogP contribution is -2.17. The van der Waals surface area contributed by atoms with Crippen molar-refractivity contribution < 1.29 is 5.11 Å². The Morgan fingerprint density at radius 1 is 1.28 bits per heavy atom. The molecule has 0 unspecified atom stereocenters. The number of terminal acetylenes is 2. The number of hydrogen-bond acceptors (Lipinski definition) is 3. The Kier molecular flexibility index (Phi) is 13.0. The Balaban J connectivity index is 0. The Labute approximate surface area is 153 Å². The predicted molar refractivity (Wildman–Crippen MR) is 107 cm³/mol. The van der Waals surface area contributed by atoms with E-state index in [2.05, 4.69) is 49.2 Å². The van der Waals surface area contributed by atoms with Gasteiger partial charge in [0.05, 0.1) is 5.60 Å². The summed E-state index contributed by atoms with van der Waals surface area (Å²) >= 11 is 0. The molecule has 0 saturated heterocycles. The van der Waals surface area contributed by atoms with E-state index >= 15 is 0 Å². The van der Waals surface area contributed by atoms with Crippen LogP contribution >= 0.6 is 0 Å². The van der Waals surface area contributed by atoms with E-state index in [-0.39, 0.29) is 0 Å². The van der Waals surface area contributed by atoms with Gasteiger partial charge in [0, 0.05) is 17.7 Å². The summed E-state index contributed by atoms with van der Waals surface area (Å²) in [4.78, 5) is 0. The van der Waals surface area contributed by atoms with Gasteiger partial charge in [-0.3, -0.25) is 4.40 Å². The fourth-order valence-electron chi connectivity index (χ4n) is 2.31. The lowest BCUT2D eigenvalue weighted by Gasteiger charge is -2.18. The molecular weight excluding hydrogens is 310 g/mol. The van der Waals surface area contributed by atoms with Crippen LogP contribution in [-0.2, 0) is 5.60 Å². The van der Waals surface area contributed by atoms with E-state index in [4.69, 9.17) is 0 Å². The van der Waals surface area contributed by atoms with E-state index in [0.717, 1.165) is 29.9 Å². The molecule has 1 N–H and O–H groups in total. The highest BCUT2D eigenvalue weighted by atomic mass is 16.3. The summed E-state index contributed by atoms with van der Waals surface area (Å²) in [6, 6.07) is 3.84. The van der Waals surface area contributed by atoms with Crippen LogP contribution < -0.4 is 0 Å². The number of hydrogen-bond donors (Lipinski definition) is 1. The van der Waals surface area contributed by atoms with Crippen LogP contribution in [0.1, 0.15) is 78.6 Å². The predicted octanol–water partition coefficient (Wildman–Crippen LogP) is 4.78. The zero-order chi connectivity index (χ0) is 20.0. The van der Waals surface area contributed by atoms with Crippen molar-refractivity contribution in [1.29, 1.82) is 0 Å². The van der Waals surface area contributed by atoms with Gasteiger partial charge in [-0.2, -0.15) is 0 Å².